The van der Waals surface area contributed by atoms with Crippen molar-refractivity contribution in [2.75, 3.05) is 20.1 Å². The molecule has 1 atom stereocenters. The highest BCUT2D eigenvalue weighted by Gasteiger charge is 2.30. The largest absolute Gasteiger partial charge is 0.393 e. The van der Waals surface area contributed by atoms with Gasteiger partial charge in [0.15, 0.2) is 0 Å². The average molecular weight is 157 g/mol. The lowest BCUT2D eigenvalue weighted by Crippen LogP contribution is -2.28. The van der Waals surface area contributed by atoms with Crippen LogP contribution in [0.3, 0.4) is 0 Å². The maximum atomic E-state index is 9.71. The molecule has 11 heavy (non-hydrogen) atoms. The quantitative estimate of drug-likeness (QED) is 0.569. The first-order valence-corrected chi connectivity index (χ1v) is 4.39. The number of likely N-dealkylation sites (tertiary alicyclic amines) is 1. The van der Waals surface area contributed by atoms with Crippen molar-refractivity contribution in [3.05, 3.63) is 0 Å². The molecule has 2 heteroatoms. The van der Waals surface area contributed by atoms with E-state index in [0.29, 0.717) is 0 Å². The molecule has 0 aromatic heterocycles. The second-order valence-electron chi connectivity index (χ2n) is 4.35. The van der Waals surface area contributed by atoms with Gasteiger partial charge in [-0.2, -0.15) is 0 Å². The molecule has 0 aliphatic carbocycles. The van der Waals surface area contributed by atoms with Crippen molar-refractivity contribution >= 4 is 0 Å². The van der Waals surface area contributed by atoms with E-state index in [0.717, 1.165) is 25.9 Å². The predicted molar refractivity (Wildman–Crippen MR) is 46.5 cm³/mol. The Morgan fingerprint density at radius 3 is 2.64 bits per heavy atom. The third kappa shape index (κ3) is 2.17. The molecule has 1 heterocycles. The molecule has 66 valence electrons. The van der Waals surface area contributed by atoms with Gasteiger partial charge in [0.2, 0.25) is 0 Å². The Hall–Kier alpha value is -0.0800. The number of aliphatic hydroxyl groups excluding tert-OH is 1. The summed E-state index contributed by atoms with van der Waals surface area (Å²) in [6.07, 6.45) is 1.90. The van der Waals surface area contributed by atoms with Crippen molar-refractivity contribution in [2.24, 2.45) is 5.41 Å². The third-order valence-corrected chi connectivity index (χ3v) is 2.82. The van der Waals surface area contributed by atoms with Crippen LogP contribution in [-0.4, -0.2) is 36.2 Å². The molecule has 1 rings (SSSR count). The Morgan fingerprint density at radius 1 is 1.36 bits per heavy atom. The van der Waals surface area contributed by atoms with Gasteiger partial charge in [-0.25, -0.2) is 0 Å². The summed E-state index contributed by atoms with van der Waals surface area (Å²) in [6, 6.07) is 0. The number of hydrogen-bond donors (Lipinski definition) is 1. The summed E-state index contributed by atoms with van der Waals surface area (Å²) in [5, 5.41) is 9.71. The molecule has 2 nitrogen and oxygen atoms in total. The van der Waals surface area contributed by atoms with Crippen LogP contribution in [0.5, 0.6) is 0 Å². The molecular weight excluding hydrogens is 138 g/mol. The smallest absolute Gasteiger partial charge is 0.0603 e. The van der Waals surface area contributed by atoms with Gasteiger partial charge in [0, 0.05) is 6.54 Å². The first kappa shape index (κ1) is 9.01. The molecule has 1 saturated heterocycles. The molecule has 1 aliphatic heterocycles. The van der Waals surface area contributed by atoms with E-state index in [1.165, 1.54) is 0 Å². The number of nitrogens with zero attached hydrogens (tertiary/aromatic N) is 1. The second kappa shape index (κ2) is 3.11. The zero-order valence-corrected chi connectivity index (χ0v) is 7.80. The van der Waals surface area contributed by atoms with Crippen LogP contribution in [0, 0.1) is 5.41 Å². The van der Waals surface area contributed by atoms with Crippen molar-refractivity contribution < 1.29 is 5.11 Å². The molecule has 1 fully saturated rings. The Kier molecular flexibility index (Phi) is 2.55. The van der Waals surface area contributed by atoms with Crippen LogP contribution in [0.25, 0.3) is 0 Å². The van der Waals surface area contributed by atoms with Crippen molar-refractivity contribution in [3.8, 4) is 0 Å². The highest BCUT2D eigenvalue weighted by molar-refractivity contribution is 4.82. The molecule has 0 radical (unpaired) electrons. The molecule has 1 aliphatic rings. The second-order valence-corrected chi connectivity index (χ2v) is 4.35. The van der Waals surface area contributed by atoms with Gasteiger partial charge in [0.25, 0.3) is 0 Å². The summed E-state index contributed by atoms with van der Waals surface area (Å²) < 4.78 is 0. The van der Waals surface area contributed by atoms with Gasteiger partial charge in [0.05, 0.1) is 6.10 Å². The lowest BCUT2D eigenvalue weighted by molar-refractivity contribution is 0.0483. The molecular formula is C9H19NO. The van der Waals surface area contributed by atoms with E-state index in [2.05, 4.69) is 25.8 Å². The van der Waals surface area contributed by atoms with Crippen molar-refractivity contribution in [1.82, 2.24) is 4.90 Å². The topological polar surface area (TPSA) is 23.5 Å². The van der Waals surface area contributed by atoms with Gasteiger partial charge in [0.1, 0.15) is 0 Å². The standard InChI is InChI=1S/C9H19NO/c1-9(2)5-7-10(3)6-4-8(9)11/h8,11H,4-7H2,1-3H3. The van der Waals surface area contributed by atoms with Gasteiger partial charge < -0.3 is 10.0 Å². The fourth-order valence-electron chi connectivity index (χ4n) is 1.49. The molecule has 0 aromatic rings. The zero-order valence-electron chi connectivity index (χ0n) is 7.80. The van der Waals surface area contributed by atoms with E-state index in [9.17, 15) is 5.11 Å². The van der Waals surface area contributed by atoms with Crippen molar-refractivity contribution in [2.45, 2.75) is 32.8 Å². The minimum Gasteiger partial charge on any atom is -0.393 e. The average Bonchev–Trinajstić information content (AvgIpc) is 2.03. The Morgan fingerprint density at radius 2 is 2.00 bits per heavy atom. The normalized spacial score (nSPS) is 33.3. The highest BCUT2D eigenvalue weighted by atomic mass is 16.3. The van der Waals surface area contributed by atoms with Gasteiger partial charge in [-0.1, -0.05) is 13.8 Å². The summed E-state index contributed by atoms with van der Waals surface area (Å²) in [4.78, 5) is 2.29. The zero-order chi connectivity index (χ0) is 8.48. The van der Waals surface area contributed by atoms with Gasteiger partial charge >= 0.3 is 0 Å². The Bertz CT molecular complexity index is 134. The van der Waals surface area contributed by atoms with E-state index < -0.39 is 0 Å². The molecule has 1 unspecified atom stereocenters. The van der Waals surface area contributed by atoms with Crippen LogP contribution >= 0.6 is 0 Å². The highest BCUT2D eigenvalue weighted by Crippen LogP contribution is 2.29. The van der Waals surface area contributed by atoms with Crippen molar-refractivity contribution in [3.63, 3.8) is 0 Å². The fourth-order valence-corrected chi connectivity index (χ4v) is 1.49. The lowest BCUT2D eigenvalue weighted by Gasteiger charge is -2.27. The van der Waals surface area contributed by atoms with Crippen LogP contribution < -0.4 is 0 Å². The number of rotatable bonds is 0. The minimum atomic E-state index is -0.118. The Balaban J connectivity index is 2.56. The van der Waals surface area contributed by atoms with Crippen LogP contribution in [0.4, 0.5) is 0 Å². The van der Waals surface area contributed by atoms with E-state index in [4.69, 9.17) is 0 Å². The summed E-state index contributed by atoms with van der Waals surface area (Å²) in [5.74, 6) is 0. The minimum absolute atomic E-state index is 0.116. The maximum Gasteiger partial charge on any atom is 0.0603 e. The van der Waals surface area contributed by atoms with Crippen LogP contribution in [-0.2, 0) is 0 Å². The lowest BCUT2D eigenvalue weighted by atomic mass is 9.83. The van der Waals surface area contributed by atoms with Crippen LogP contribution in [0.15, 0.2) is 0 Å². The first-order valence-electron chi connectivity index (χ1n) is 4.39. The molecule has 0 saturated carbocycles. The Labute approximate surface area is 69.2 Å². The SMILES string of the molecule is CN1CCC(O)C(C)(C)CC1. The van der Waals surface area contributed by atoms with Gasteiger partial charge in [-0.15, -0.1) is 0 Å². The van der Waals surface area contributed by atoms with E-state index in [1.807, 2.05) is 0 Å². The summed E-state index contributed by atoms with van der Waals surface area (Å²) in [6.45, 7) is 6.45. The summed E-state index contributed by atoms with van der Waals surface area (Å²) in [5.41, 5.74) is 0.116. The summed E-state index contributed by atoms with van der Waals surface area (Å²) >= 11 is 0. The van der Waals surface area contributed by atoms with E-state index in [-0.39, 0.29) is 11.5 Å². The first-order chi connectivity index (χ1) is 5.02. The maximum absolute atomic E-state index is 9.71. The van der Waals surface area contributed by atoms with Gasteiger partial charge in [-0.05, 0) is 31.8 Å². The molecule has 0 bridgehead atoms. The van der Waals surface area contributed by atoms with Crippen LogP contribution in [0.1, 0.15) is 26.7 Å². The third-order valence-electron chi connectivity index (χ3n) is 2.82. The van der Waals surface area contributed by atoms with E-state index in [1.54, 1.807) is 0 Å². The fraction of sp³-hybridized carbons (Fsp3) is 1.00. The molecule has 0 aromatic carbocycles. The molecule has 0 amide bonds. The monoisotopic (exact) mass is 157 g/mol. The summed E-state index contributed by atoms with van der Waals surface area (Å²) in [7, 11) is 2.12. The van der Waals surface area contributed by atoms with Crippen LogP contribution in [0.2, 0.25) is 0 Å². The molecule has 1 N–H and O–H groups in total. The predicted octanol–water partition coefficient (Wildman–Crippen LogP) is 1.10. The number of hydrogen-bond acceptors (Lipinski definition) is 2. The van der Waals surface area contributed by atoms with Crippen molar-refractivity contribution in [1.29, 1.82) is 0 Å². The van der Waals surface area contributed by atoms with E-state index >= 15 is 0 Å². The van der Waals surface area contributed by atoms with Gasteiger partial charge in [-0.3, -0.25) is 0 Å². The number of aliphatic hydroxyl groups is 1. The molecule has 0 spiro atoms.